The molecule has 0 fully saturated rings. The predicted octanol–water partition coefficient (Wildman–Crippen LogP) is 1.36. The van der Waals surface area contributed by atoms with Crippen LogP contribution in [-0.2, 0) is 19.4 Å². The highest BCUT2D eigenvalue weighted by Crippen LogP contribution is 2.22. The zero-order valence-corrected chi connectivity index (χ0v) is 8.87. The molecule has 1 aliphatic rings. The van der Waals surface area contributed by atoms with Gasteiger partial charge in [-0.15, -0.1) is 0 Å². The number of rotatable bonds is 3. The number of fused-ring (bicyclic) bond motifs is 1. The van der Waals surface area contributed by atoms with Gasteiger partial charge in [-0.25, -0.2) is 4.98 Å². The van der Waals surface area contributed by atoms with E-state index >= 15 is 0 Å². The maximum absolute atomic E-state index is 5.51. The minimum Gasteiger partial charge on any atom is -0.334 e. The van der Waals surface area contributed by atoms with E-state index in [1.165, 1.54) is 24.2 Å². The Morgan fingerprint density at radius 3 is 3.29 bits per heavy atom. The lowest BCUT2D eigenvalue weighted by atomic mass is 9.98. The SMILES string of the molecule is CC1CCc2c(CCCN)ncn2C1. The van der Waals surface area contributed by atoms with E-state index in [2.05, 4.69) is 16.5 Å². The fraction of sp³-hybridized carbons (Fsp3) is 0.727. The van der Waals surface area contributed by atoms with E-state index in [0.29, 0.717) is 0 Å². The summed E-state index contributed by atoms with van der Waals surface area (Å²) in [6.07, 6.45) is 6.60. The lowest BCUT2D eigenvalue weighted by Gasteiger charge is -2.21. The van der Waals surface area contributed by atoms with E-state index in [1.807, 2.05) is 6.33 Å². The van der Waals surface area contributed by atoms with Gasteiger partial charge in [0.25, 0.3) is 0 Å². The Morgan fingerprint density at radius 1 is 1.64 bits per heavy atom. The number of imidazole rings is 1. The smallest absolute Gasteiger partial charge is 0.0951 e. The second-order valence-corrected chi connectivity index (χ2v) is 4.33. The number of hydrogen-bond donors (Lipinski definition) is 1. The van der Waals surface area contributed by atoms with Gasteiger partial charge in [-0.05, 0) is 38.1 Å². The van der Waals surface area contributed by atoms with Gasteiger partial charge < -0.3 is 10.3 Å². The fourth-order valence-electron chi connectivity index (χ4n) is 2.18. The molecule has 0 saturated carbocycles. The minimum absolute atomic E-state index is 0.767. The van der Waals surface area contributed by atoms with Crippen molar-refractivity contribution in [2.75, 3.05) is 6.54 Å². The van der Waals surface area contributed by atoms with Crippen LogP contribution in [0, 0.1) is 5.92 Å². The molecule has 1 aromatic rings. The molecule has 2 N–H and O–H groups in total. The summed E-state index contributed by atoms with van der Waals surface area (Å²) < 4.78 is 2.32. The first-order valence-corrected chi connectivity index (χ1v) is 5.54. The summed E-state index contributed by atoms with van der Waals surface area (Å²) in [5, 5.41) is 0. The highest BCUT2D eigenvalue weighted by atomic mass is 15.1. The van der Waals surface area contributed by atoms with Crippen molar-refractivity contribution in [3.05, 3.63) is 17.7 Å². The molecule has 0 bridgehead atoms. The summed E-state index contributed by atoms with van der Waals surface area (Å²) in [6, 6.07) is 0. The van der Waals surface area contributed by atoms with Crippen LogP contribution in [0.2, 0.25) is 0 Å². The topological polar surface area (TPSA) is 43.8 Å². The zero-order chi connectivity index (χ0) is 9.97. The van der Waals surface area contributed by atoms with E-state index < -0.39 is 0 Å². The third kappa shape index (κ3) is 1.82. The van der Waals surface area contributed by atoms with Crippen LogP contribution in [0.5, 0.6) is 0 Å². The minimum atomic E-state index is 0.767. The molecule has 1 aromatic heterocycles. The van der Waals surface area contributed by atoms with Gasteiger partial charge in [0.1, 0.15) is 0 Å². The van der Waals surface area contributed by atoms with Crippen LogP contribution in [0.3, 0.4) is 0 Å². The summed E-state index contributed by atoms with van der Waals surface area (Å²) in [5.41, 5.74) is 8.24. The summed E-state index contributed by atoms with van der Waals surface area (Å²) in [4.78, 5) is 4.48. The second-order valence-electron chi connectivity index (χ2n) is 4.33. The van der Waals surface area contributed by atoms with Crippen molar-refractivity contribution in [2.45, 2.75) is 39.2 Å². The monoisotopic (exact) mass is 193 g/mol. The molecule has 0 aromatic carbocycles. The maximum atomic E-state index is 5.51. The molecule has 2 rings (SSSR count). The van der Waals surface area contributed by atoms with Crippen LogP contribution in [0.15, 0.2) is 6.33 Å². The van der Waals surface area contributed by atoms with Gasteiger partial charge >= 0.3 is 0 Å². The first-order valence-electron chi connectivity index (χ1n) is 5.54. The normalized spacial score (nSPS) is 20.9. The Balaban J connectivity index is 2.12. The van der Waals surface area contributed by atoms with Crippen LogP contribution < -0.4 is 5.73 Å². The summed E-state index contributed by atoms with van der Waals surface area (Å²) in [5.74, 6) is 0.805. The van der Waals surface area contributed by atoms with Crippen LogP contribution in [0.25, 0.3) is 0 Å². The number of nitrogens with zero attached hydrogens (tertiary/aromatic N) is 2. The third-order valence-corrected chi connectivity index (χ3v) is 3.03. The Kier molecular flexibility index (Phi) is 2.87. The van der Waals surface area contributed by atoms with Gasteiger partial charge in [0, 0.05) is 12.2 Å². The largest absolute Gasteiger partial charge is 0.334 e. The molecule has 0 aliphatic carbocycles. The zero-order valence-electron chi connectivity index (χ0n) is 8.87. The van der Waals surface area contributed by atoms with Crippen molar-refractivity contribution < 1.29 is 0 Å². The molecule has 14 heavy (non-hydrogen) atoms. The molecule has 78 valence electrons. The van der Waals surface area contributed by atoms with E-state index in [0.717, 1.165) is 31.8 Å². The first kappa shape index (κ1) is 9.71. The van der Waals surface area contributed by atoms with Crippen molar-refractivity contribution in [1.82, 2.24) is 9.55 Å². The number of hydrogen-bond acceptors (Lipinski definition) is 2. The quantitative estimate of drug-likeness (QED) is 0.787. The Labute approximate surface area is 85.3 Å². The van der Waals surface area contributed by atoms with Gasteiger partial charge in [-0.3, -0.25) is 0 Å². The van der Waals surface area contributed by atoms with Gasteiger partial charge in [-0.2, -0.15) is 0 Å². The number of aryl methyl sites for hydroxylation is 1. The maximum Gasteiger partial charge on any atom is 0.0951 e. The Bertz CT molecular complexity index is 303. The summed E-state index contributed by atoms with van der Waals surface area (Å²) in [6.45, 7) is 4.22. The van der Waals surface area contributed by atoms with Crippen LogP contribution in [0.1, 0.15) is 31.2 Å². The lowest BCUT2D eigenvalue weighted by Crippen LogP contribution is -2.17. The summed E-state index contributed by atoms with van der Waals surface area (Å²) >= 11 is 0. The van der Waals surface area contributed by atoms with Gasteiger partial charge in [-0.1, -0.05) is 6.92 Å². The van der Waals surface area contributed by atoms with E-state index in [4.69, 9.17) is 5.73 Å². The van der Waals surface area contributed by atoms with Crippen LogP contribution in [0.4, 0.5) is 0 Å². The molecule has 1 aliphatic heterocycles. The van der Waals surface area contributed by atoms with E-state index in [9.17, 15) is 0 Å². The summed E-state index contributed by atoms with van der Waals surface area (Å²) in [7, 11) is 0. The molecule has 0 spiro atoms. The molecule has 0 saturated heterocycles. The second kappa shape index (κ2) is 4.13. The molecule has 3 heteroatoms. The van der Waals surface area contributed by atoms with Crippen LogP contribution in [-0.4, -0.2) is 16.1 Å². The molecule has 0 amide bonds. The van der Waals surface area contributed by atoms with Gasteiger partial charge in [0.05, 0.1) is 12.0 Å². The number of nitrogens with two attached hydrogens (primary N) is 1. The highest BCUT2D eigenvalue weighted by Gasteiger charge is 2.18. The standard InChI is InChI=1S/C11H19N3/c1-9-4-5-11-10(3-2-6-12)13-8-14(11)7-9/h8-9H,2-7,12H2,1H3. The fourth-order valence-corrected chi connectivity index (χ4v) is 2.18. The van der Waals surface area contributed by atoms with Crippen molar-refractivity contribution >= 4 is 0 Å². The molecule has 3 nitrogen and oxygen atoms in total. The molecular formula is C11H19N3. The van der Waals surface area contributed by atoms with Crippen molar-refractivity contribution in [2.24, 2.45) is 11.7 Å². The average molecular weight is 193 g/mol. The van der Waals surface area contributed by atoms with Crippen molar-refractivity contribution in [1.29, 1.82) is 0 Å². The van der Waals surface area contributed by atoms with Crippen molar-refractivity contribution in [3.8, 4) is 0 Å². The first-order chi connectivity index (χ1) is 6.81. The molecule has 2 heterocycles. The Morgan fingerprint density at radius 2 is 2.50 bits per heavy atom. The molecular weight excluding hydrogens is 174 g/mol. The average Bonchev–Trinajstić information content (AvgIpc) is 2.57. The van der Waals surface area contributed by atoms with E-state index in [-0.39, 0.29) is 0 Å². The highest BCUT2D eigenvalue weighted by molar-refractivity contribution is 5.15. The molecule has 0 radical (unpaired) electrons. The number of aromatic nitrogens is 2. The van der Waals surface area contributed by atoms with Gasteiger partial charge in [0.15, 0.2) is 0 Å². The van der Waals surface area contributed by atoms with Gasteiger partial charge in [0.2, 0.25) is 0 Å². The Hall–Kier alpha value is -0.830. The van der Waals surface area contributed by atoms with Crippen molar-refractivity contribution in [3.63, 3.8) is 0 Å². The molecule has 1 atom stereocenters. The lowest BCUT2D eigenvalue weighted by molar-refractivity contribution is 0.398. The molecule has 1 unspecified atom stereocenters. The predicted molar refractivity (Wildman–Crippen MR) is 57.1 cm³/mol. The van der Waals surface area contributed by atoms with Crippen LogP contribution >= 0.6 is 0 Å². The van der Waals surface area contributed by atoms with E-state index in [1.54, 1.807) is 0 Å². The third-order valence-electron chi connectivity index (χ3n) is 3.03.